The van der Waals surface area contributed by atoms with E-state index in [1.54, 1.807) is 0 Å². The number of aromatic nitrogens is 2. The van der Waals surface area contributed by atoms with E-state index in [4.69, 9.17) is 11.6 Å². The molecule has 2 aromatic carbocycles. The Morgan fingerprint density at radius 1 is 1.14 bits per heavy atom. The highest BCUT2D eigenvalue weighted by atomic mass is 35.5. The van der Waals surface area contributed by atoms with E-state index in [-0.39, 0.29) is 23.9 Å². The molecule has 8 heteroatoms. The summed E-state index contributed by atoms with van der Waals surface area (Å²) < 4.78 is 2.05. The number of aryl methyl sites for hydroxylation is 2. The predicted octanol–water partition coefficient (Wildman–Crippen LogP) is 5.61. The Labute approximate surface area is 218 Å². The topological polar surface area (TPSA) is 67.2 Å². The fourth-order valence-electron chi connectivity index (χ4n) is 5.68. The van der Waals surface area contributed by atoms with E-state index in [9.17, 15) is 9.59 Å². The van der Waals surface area contributed by atoms with Crippen molar-refractivity contribution in [3.8, 4) is 10.4 Å². The molecule has 4 aromatic rings. The third kappa shape index (κ3) is 3.82. The van der Waals surface area contributed by atoms with Crippen molar-refractivity contribution in [1.82, 2.24) is 19.8 Å². The summed E-state index contributed by atoms with van der Waals surface area (Å²) in [4.78, 5) is 34.6. The van der Waals surface area contributed by atoms with Crippen molar-refractivity contribution < 1.29 is 9.59 Å². The Hall–Kier alpha value is -3.16. The van der Waals surface area contributed by atoms with Crippen LogP contribution in [0, 0.1) is 19.8 Å². The fourth-order valence-corrected chi connectivity index (χ4v) is 6.78. The molecule has 2 aliphatic rings. The van der Waals surface area contributed by atoms with Crippen molar-refractivity contribution in [2.75, 3.05) is 6.54 Å². The minimum absolute atomic E-state index is 0.0466. The van der Waals surface area contributed by atoms with Gasteiger partial charge in [0.05, 0.1) is 21.5 Å². The maximum atomic E-state index is 13.9. The van der Waals surface area contributed by atoms with Crippen LogP contribution in [0.5, 0.6) is 0 Å². The van der Waals surface area contributed by atoms with Gasteiger partial charge in [0.25, 0.3) is 11.8 Å². The van der Waals surface area contributed by atoms with E-state index in [1.807, 2.05) is 78.9 Å². The van der Waals surface area contributed by atoms with Crippen molar-refractivity contribution in [1.29, 1.82) is 0 Å². The predicted molar refractivity (Wildman–Crippen MR) is 144 cm³/mol. The molecule has 184 valence electrons. The third-order valence-electron chi connectivity index (χ3n) is 7.59. The summed E-state index contributed by atoms with van der Waals surface area (Å²) in [7, 11) is 1.98. The molecule has 1 saturated carbocycles. The lowest BCUT2D eigenvalue weighted by Crippen LogP contribution is -2.45. The first-order valence-corrected chi connectivity index (χ1v) is 13.4. The van der Waals surface area contributed by atoms with Crippen LogP contribution >= 0.6 is 22.9 Å². The number of benzene rings is 2. The molecule has 1 N–H and O–H groups in total. The molecular weight excluding hydrogens is 492 g/mol. The number of likely N-dealkylation sites (tertiary alicyclic amines) is 1. The van der Waals surface area contributed by atoms with Crippen LogP contribution in [0.1, 0.15) is 44.4 Å². The lowest BCUT2D eigenvalue weighted by Gasteiger charge is -2.27. The monoisotopic (exact) mass is 518 g/mol. The number of thiazole rings is 1. The van der Waals surface area contributed by atoms with Crippen molar-refractivity contribution >= 4 is 45.7 Å². The van der Waals surface area contributed by atoms with Crippen molar-refractivity contribution in [3.05, 3.63) is 75.5 Å². The first-order chi connectivity index (χ1) is 17.3. The Morgan fingerprint density at radius 3 is 2.75 bits per heavy atom. The molecule has 36 heavy (non-hydrogen) atoms. The van der Waals surface area contributed by atoms with Gasteiger partial charge in [-0.3, -0.25) is 9.59 Å². The largest absolute Gasteiger partial charge is 0.350 e. The first kappa shape index (κ1) is 23.3. The number of hydrogen-bond acceptors (Lipinski definition) is 4. The number of halogens is 1. The van der Waals surface area contributed by atoms with Gasteiger partial charge in [-0.2, -0.15) is 0 Å². The first-order valence-electron chi connectivity index (χ1n) is 12.2. The fraction of sp³-hybridized carbons (Fsp3) is 0.321. The van der Waals surface area contributed by atoms with Crippen LogP contribution in [0.2, 0.25) is 5.02 Å². The van der Waals surface area contributed by atoms with Gasteiger partial charge in [0.15, 0.2) is 0 Å². The van der Waals surface area contributed by atoms with Crippen molar-refractivity contribution in [2.45, 2.75) is 38.8 Å². The number of nitrogens with one attached hydrogen (secondary N) is 1. The molecule has 2 fully saturated rings. The van der Waals surface area contributed by atoms with Crippen molar-refractivity contribution in [3.63, 3.8) is 0 Å². The number of carbonyl (C=O) groups excluding carboxylic acids is 2. The van der Waals surface area contributed by atoms with Gasteiger partial charge in [-0.25, -0.2) is 4.98 Å². The van der Waals surface area contributed by atoms with Gasteiger partial charge in [-0.1, -0.05) is 41.9 Å². The average Bonchev–Trinajstić information content (AvgIpc) is 3.23. The van der Waals surface area contributed by atoms with Crippen LogP contribution in [0.4, 0.5) is 0 Å². The summed E-state index contributed by atoms with van der Waals surface area (Å²) in [6, 6.07) is 15.7. The number of piperidine rings is 1. The van der Waals surface area contributed by atoms with Crippen LogP contribution in [-0.2, 0) is 7.05 Å². The number of rotatable bonds is 5. The smallest absolute Gasteiger partial charge is 0.274 e. The number of hydrogen-bond donors (Lipinski definition) is 1. The quantitative estimate of drug-likeness (QED) is 0.373. The highest BCUT2D eigenvalue weighted by Gasteiger charge is 2.54. The summed E-state index contributed by atoms with van der Waals surface area (Å²) in [6.07, 6.45) is 1.93. The van der Waals surface area contributed by atoms with E-state index in [0.717, 1.165) is 44.9 Å². The van der Waals surface area contributed by atoms with Gasteiger partial charge in [-0.15, -0.1) is 11.3 Å². The van der Waals surface area contributed by atoms with Gasteiger partial charge in [0, 0.05) is 41.3 Å². The second-order valence-corrected chi connectivity index (χ2v) is 11.5. The van der Waals surface area contributed by atoms with E-state index in [2.05, 4.69) is 10.3 Å². The summed E-state index contributed by atoms with van der Waals surface area (Å²) in [5.41, 5.74) is 4.05. The molecule has 1 aliphatic carbocycles. The number of amides is 2. The zero-order chi connectivity index (χ0) is 25.1. The molecule has 0 bridgehead atoms. The molecule has 1 saturated heterocycles. The van der Waals surface area contributed by atoms with Crippen LogP contribution in [0.15, 0.2) is 48.5 Å². The van der Waals surface area contributed by atoms with Gasteiger partial charge in [0.2, 0.25) is 0 Å². The second kappa shape index (κ2) is 8.75. The summed E-state index contributed by atoms with van der Waals surface area (Å²) in [6.45, 7) is 4.32. The molecule has 6 nitrogen and oxygen atoms in total. The average molecular weight is 519 g/mol. The zero-order valence-corrected chi connectivity index (χ0v) is 22.0. The molecule has 0 unspecified atom stereocenters. The third-order valence-corrected chi connectivity index (χ3v) is 8.85. The molecule has 2 amide bonds. The maximum Gasteiger partial charge on any atom is 0.274 e. The van der Waals surface area contributed by atoms with Gasteiger partial charge in [0.1, 0.15) is 5.69 Å². The van der Waals surface area contributed by atoms with Crippen LogP contribution in [0.3, 0.4) is 0 Å². The molecule has 1 aliphatic heterocycles. The minimum atomic E-state index is -0.0959. The number of fused-ring (bicyclic) bond motifs is 2. The maximum absolute atomic E-state index is 13.9. The number of para-hydroxylation sites is 1. The van der Waals surface area contributed by atoms with E-state index >= 15 is 0 Å². The van der Waals surface area contributed by atoms with Crippen LogP contribution < -0.4 is 5.32 Å². The minimum Gasteiger partial charge on any atom is -0.350 e. The van der Waals surface area contributed by atoms with E-state index in [1.165, 1.54) is 11.3 Å². The lowest BCUT2D eigenvalue weighted by atomic mass is 10.1. The Kier molecular flexibility index (Phi) is 5.65. The lowest BCUT2D eigenvalue weighted by molar-refractivity contribution is 0.0684. The highest BCUT2D eigenvalue weighted by molar-refractivity contribution is 7.15. The molecule has 0 spiro atoms. The SMILES string of the molecule is Cc1nc(C(=O)N2[C@H](CNC(=O)c3c(C)n(C)c4ccccc34)C[C@@H]3C[C@@H]32)c(-c2cccc(Cl)c2)s1. The van der Waals surface area contributed by atoms with Gasteiger partial charge < -0.3 is 14.8 Å². The summed E-state index contributed by atoms with van der Waals surface area (Å²) in [5.74, 6) is 0.353. The number of nitrogens with zero attached hydrogens (tertiary/aromatic N) is 3. The molecule has 0 radical (unpaired) electrons. The molecule has 2 aromatic heterocycles. The second-order valence-electron chi connectivity index (χ2n) is 9.83. The van der Waals surface area contributed by atoms with Crippen LogP contribution in [0.25, 0.3) is 21.3 Å². The van der Waals surface area contributed by atoms with Gasteiger partial charge >= 0.3 is 0 Å². The Morgan fingerprint density at radius 2 is 1.94 bits per heavy atom. The number of carbonyl (C=O) groups is 2. The Bertz CT molecular complexity index is 1520. The molecular formula is C28H27ClN4O2S. The highest BCUT2D eigenvalue weighted by Crippen LogP contribution is 2.49. The summed E-state index contributed by atoms with van der Waals surface area (Å²) in [5, 5.41) is 5.56. The molecule has 6 rings (SSSR count). The Balaban J connectivity index is 1.25. The van der Waals surface area contributed by atoms with E-state index in [0.29, 0.717) is 28.7 Å². The normalized spacial score (nSPS) is 20.6. The molecule has 3 atom stereocenters. The van der Waals surface area contributed by atoms with Crippen LogP contribution in [-0.4, -0.2) is 44.9 Å². The van der Waals surface area contributed by atoms with Crippen molar-refractivity contribution in [2.24, 2.45) is 13.0 Å². The summed E-state index contributed by atoms with van der Waals surface area (Å²) >= 11 is 7.74. The molecule has 3 heterocycles. The van der Waals surface area contributed by atoms with Gasteiger partial charge in [-0.05, 0) is 56.4 Å². The van der Waals surface area contributed by atoms with E-state index < -0.39 is 0 Å². The zero-order valence-electron chi connectivity index (χ0n) is 20.4. The standard InChI is InChI=1S/C28H27ClN4O2S/c1-15-24(21-9-4-5-10-22(21)32(15)3)27(34)30-14-20-12-18-13-23(18)33(20)28(35)25-26(36-16(2)31-25)17-7-6-8-19(29)11-17/h4-11,18,20,23H,12-14H2,1-3H3,(H,30,34)/t18-,20+,23+/m1/s1.